The fourth-order valence-corrected chi connectivity index (χ4v) is 1.86. The van der Waals surface area contributed by atoms with Crippen LogP contribution in [0.4, 0.5) is 5.69 Å². The third-order valence-electron chi connectivity index (χ3n) is 3.29. The van der Waals surface area contributed by atoms with Gasteiger partial charge in [0.1, 0.15) is 6.10 Å². The molecule has 0 aromatic heterocycles. The Labute approximate surface area is 149 Å². The maximum absolute atomic E-state index is 12.2. The number of ether oxygens (including phenoxy) is 1. The van der Waals surface area contributed by atoms with E-state index in [0.717, 1.165) is 6.42 Å². The topological polar surface area (TPSA) is 93.4 Å². The van der Waals surface area contributed by atoms with Crippen LogP contribution in [0.1, 0.15) is 37.6 Å². The number of nitrogens with two attached hydrogens (primary N) is 1. The molecule has 0 fully saturated rings. The molecule has 0 radical (unpaired) electrons. The third kappa shape index (κ3) is 7.77. The Balaban J connectivity index is 0.00000529. The van der Waals surface area contributed by atoms with Crippen LogP contribution in [-0.4, -0.2) is 37.6 Å². The summed E-state index contributed by atoms with van der Waals surface area (Å²) in [5.41, 5.74) is 6.25. The van der Waals surface area contributed by atoms with Crippen LogP contribution in [0, 0.1) is 5.92 Å². The molecule has 1 unspecified atom stereocenters. The SMILES string of the molecule is CC(C)CCOC(C)C(=O)Nc1ccccc1C(=O)NCCN.Cl. The molecule has 4 N–H and O–H groups in total. The maximum atomic E-state index is 12.2. The highest BCUT2D eigenvalue weighted by Gasteiger charge is 2.17. The number of hydrogen-bond donors (Lipinski definition) is 3. The molecule has 1 aromatic carbocycles. The lowest BCUT2D eigenvalue weighted by atomic mass is 10.1. The Kier molecular flexibility index (Phi) is 11.0. The molecule has 7 heteroatoms. The van der Waals surface area contributed by atoms with Crippen molar-refractivity contribution in [1.82, 2.24) is 5.32 Å². The second-order valence-corrected chi connectivity index (χ2v) is 5.77. The van der Waals surface area contributed by atoms with Crippen LogP contribution in [0.25, 0.3) is 0 Å². The minimum absolute atomic E-state index is 0. The zero-order valence-electron chi connectivity index (χ0n) is 14.5. The van der Waals surface area contributed by atoms with Gasteiger partial charge in [-0.25, -0.2) is 0 Å². The highest BCUT2D eigenvalue weighted by molar-refractivity contribution is 6.04. The third-order valence-corrected chi connectivity index (χ3v) is 3.29. The van der Waals surface area contributed by atoms with Gasteiger partial charge in [-0.2, -0.15) is 0 Å². The number of carbonyl (C=O) groups is 2. The number of rotatable bonds is 9. The molecule has 2 amide bonds. The van der Waals surface area contributed by atoms with Crippen LogP contribution in [0.3, 0.4) is 0 Å². The molecule has 0 aliphatic carbocycles. The van der Waals surface area contributed by atoms with Gasteiger partial charge in [0, 0.05) is 19.7 Å². The number of anilines is 1. The van der Waals surface area contributed by atoms with Gasteiger partial charge >= 0.3 is 0 Å². The van der Waals surface area contributed by atoms with Crippen molar-refractivity contribution >= 4 is 29.9 Å². The minimum atomic E-state index is -0.575. The summed E-state index contributed by atoms with van der Waals surface area (Å²) in [5, 5.41) is 5.44. The second-order valence-electron chi connectivity index (χ2n) is 5.77. The molecule has 0 heterocycles. The van der Waals surface area contributed by atoms with Gasteiger partial charge in [0.15, 0.2) is 0 Å². The first-order valence-corrected chi connectivity index (χ1v) is 7.95. The Bertz CT molecular complexity index is 524. The number of benzene rings is 1. The van der Waals surface area contributed by atoms with Crippen molar-refractivity contribution in [2.45, 2.75) is 33.3 Å². The van der Waals surface area contributed by atoms with Crippen LogP contribution in [-0.2, 0) is 9.53 Å². The summed E-state index contributed by atoms with van der Waals surface area (Å²) in [6, 6.07) is 6.86. The summed E-state index contributed by atoms with van der Waals surface area (Å²) >= 11 is 0. The Morgan fingerprint density at radius 1 is 1.21 bits per heavy atom. The molecule has 136 valence electrons. The van der Waals surface area contributed by atoms with Crippen molar-refractivity contribution in [2.75, 3.05) is 25.0 Å². The highest BCUT2D eigenvalue weighted by atomic mass is 35.5. The molecule has 6 nitrogen and oxygen atoms in total. The molecule has 0 aliphatic heterocycles. The van der Waals surface area contributed by atoms with Gasteiger partial charge in [-0.05, 0) is 31.4 Å². The largest absolute Gasteiger partial charge is 0.369 e. The van der Waals surface area contributed by atoms with Gasteiger partial charge in [0.05, 0.1) is 11.3 Å². The first kappa shape index (κ1) is 22.4. The quantitative estimate of drug-likeness (QED) is 0.631. The molecule has 0 bridgehead atoms. The van der Waals surface area contributed by atoms with E-state index in [1.165, 1.54) is 0 Å². The summed E-state index contributed by atoms with van der Waals surface area (Å²) < 4.78 is 5.52. The van der Waals surface area contributed by atoms with Crippen molar-refractivity contribution in [3.8, 4) is 0 Å². The summed E-state index contributed by atoms with van der Waals surface area (Å²) in [6.45, 7) is 7.18. The summed E-state index contributed by atoms with van der Waals surface area (Å²) in [6.07, 6.45) is 0.323. The van der Waals surface area contributed by atoms with E-state index in [1.807, 2.05) is 0 Å². The van der Waals surface area contributed by atoms with Crippen molar-refractivity contribution in [1.29, 1.82) is 0 Å². The molecule has 1 aromatic rings. The molecule has 0 saturated carbocycles. The molecule has 0 saturated heterocycles. The number of nitrogens with one attached hydrogen (secondary N) is 2. The van der Waals surface area contributed by atoms with Crippen molar-refractivity contribution in [3.63, 3.8) is 0 Å². The Morgan fingerprint density at radius 3 is 2.50 bits per heavy atom. The van der Waals surface area contributed by atoms with E-state index in [9.17, 15) is 9.59 Å². The lowest BCUT2D eigenvalue weighted by Gasteiger charge is -2.16. The monoisotopic (exact) mass is 357 g/mol. The second kappa shape index (κ2) is 11.8. The number of amides is 2. The Morgan fingerprint density at radius 2 is 1.88 bits per heavy atom. The summed E-state index contributed by atoms with van der Waals surface area (Å²) in [4.78, 5) is 24.3. The van der Waals surface area contributed by atoms with Gasteiger partial charge in [0.25, 0.3) is 11.8 Å². The van der Waals surface area contributed by atoms with E-state index in [4.69, 9.17) is 10.5 Å². The fourth-order valence-electron chi connectivity index (χ4n) is 1.86. The molecule has 0 aliphatic rings. The first-order chi connectivity index (χ1) is 11.0. The minimum Gasteiger partial charge on any atom is -0.369 e. The van der Waals surface area contributed by atoms with Crippen molar-refractivity contribution in [2.24, 2.45) is 11.7 Å². The van der Waals surface area contributed by atoms with Gasteiger partial charge < -0.3 is 21.1 Å². The average molecular weight is 358 g/mol. The molecular formula is C17H28ClN3O3. The van der Waals surface area contributed by atoms with Crippen LogP contribution < -0.4 is 16.4 Å². The van der Waals surface area contributed by atoms with Gasteiger partial charge in [-0.15, -0.1) is 12.4 Å². The van der Waals surface area contributed by atoms with Crippen molar-refractivity contribution < 1.29 is 14.3 Å². The first-order valence-electron chi connectivity index (χ1n) is 7.95. The van der Waals surface area contributed by atoms with E-state index in [1.54, 1.807) is 31.2 Å². The number of carbonyl (C=O) groups excluding carboxylic acids is 2. The fraction of sp³-hybridized carbons (Fsp3) is 0.529. The molecule has 24 heavy (non-hydrogen) atoms. The highest BCUT2D eigenvalue weighted by Crippen LogP contribution is 2.15. The standard InChI is InChI=1S/C17H27N3O3.ClH/c1-12(2)8-11-23-13(3)16(21)20-15-7-5-4-6-14(15)17(22)19-10-9-18;/h4-7,12-13H,8-11,18H2,1-3H3,(H,19,22)(H,20,21);1H. The summed E-state index contributed by atoms with van der Waals surface area (Å²) in [5.74, 6) is -0.00946. The summed E-state index contributed by atoms with van der Waals surface area (Å²) in [7, 11) is 0. The van der Waals surface area contributed by atoms with Crippen molar-refractivity contribution in [3.05, 3.63) is 29.8 Å². The number of hydrogen-bond acceptors (Lipinski definition) is 4. The van der Waals surface area contributed by atoms with E-state index >= 15 is 0 Å². The van der Waals surface area contributed by atoms with Crippen LogP contribution in [0.2, 0.25) is 0 Å². The van der Waals surface area contributed by atoms with Crippen LogP contribution >= 0.6 is 12.4 Å². The van der Waals surface area contributed by atoms with E-state index < -0.39 is 6.10 Å². The van der Waals surface area contributed by atoms with Gasteiger partial charge in [-0.3, -0.25) is 9.59 Å². The Hall–Kier alpha value is -1.63. The van der Waals surface area contributed by atoms with E-state index in [2.05, 4.69) is 24.5 Å². The van der Waals surface area contributed by atoms with E-state index in [-0.39, 0.29) is 24.2 Å². The lowest BCUT2D eigenvalue weighted by Crippen LogP contribution is -2.32. The number of para-hydroxylation sites is 1. The number of halogens is 1. The molecule has 0 spiro atoms. The zero-order chi connectivity index (χ0) is 17.2. The van der Waals surface area contributed by atoms with Crippen LogP contribution in [0.5, 0.6) is 0 Å². The zero-order valence-corrected chi connectivity index (χ0v) is 15.3. The molecular weight excluding hydrogens is 330 g/mol. The predicted octanol–water partition coefficient (Wildman–Crippen LogP) is 2.19. The average Bonchev–Trinajstić information content (AvgIpc) is 2.52. The molecule has 1 rings (SSSR count). The normalized spacial score (nSPS) is 11.5. The maximum Gasteiger partial charge on any atom is 0.253 e. The smallest absolute Gasteiger partial charge is 0.253 e. The van der Waals surface area contributed by atoms with Gasteiger partial charge in [0.2, 0.25) is 0 Å². The lowest BCUT2D eigenvalue weighted by molar-refractivity contribution is -0.126. The predicted molar refractivity (Wildman–Crippen MR) is 98.6 cm³/mol. The van der Waals surface area contributed by atoms with Crippen LogP contribution in [0.15, 0.2) is 24.3 Å². The van der Waals surface area contributed by atoms with E-state index in [0.29, 0.717) is 36.9 Å². The van der Waals surface area contributed by atoms with Gasteiger partial charge in [-0.1, -0.05) is 26.0 Å². The molecule has 1 atom stereocenters.